The summed E-state index contributed by atoms with van der Waals surface area (Å²) in [6, 6.07) is 11.2. The third-order valence-corrected chi connectivity index (χ3v) is 5.73. The number of rotatable bonds is 8. The number of aliphatic hydroxyl groups excluding tert-OH is 1. The van der Waals surface area contributed by atoms with E-state index in [4.69, 9.17) is 25.5 Å². The number of hydrogen-bond donors (Lipinski definition) is 1. The van der Waals surface area contributed by atoms with Crippen LogP contribution in [0.1, 0.15) is 42.4 Å². The minimum atomic E-state index is -0.751. The van der Waals surface area contributed by atoms with Crippen molar-refractivity contribution in [2.75, 3.05) is 20.3 Å². The second-order valence-electron chi connectivity index (χ2n) is 7.63. The van der Waals surface area contributed by atoms with Gasteiger partial charge >= 0.3 is 0 Å². The molecule has 1 atom stereocenters. The number of benzene rings is 2. The first-order chi connectivity index (χ1) is 15.9. The molecule has 1 N–H and O–H groups in total. The van der Waals surface area contributed by atoms with Gasteiger partial charge in [0.1, 0.15) is 5.75 Å². The normalized spacial score (nSPS) is 16.1. The summed E-state index contributed by atoms with van der Waals surface area (Å²) in [6.45, 7) is 4.71. The van der Waals surface area contributed by atoms with E-state index in [2.05, 4.69) is 0 Å². The van der Waals surface area contributed by atoms with Crippen molar-refractivity contribution in [3.8, 4) is 11.5 Å². The molecule has 1 aliphatic rings. The van der Waals surface area contributed by atoms with Crippen LogP contribution in [0.15, 0.2) is 58.2 Å². The van der Waals surface area contributed by atoms with E-state index in [1.807, 2.05) is 13.8 Å². The van der Waals surface area contributed by atoms with Crippen molar-refractivity contribution < 1.29 is 28.6 Å². The van der Waals surface area contributed by atoms with Crippen LogP contribution in [0.4, 0.5) is 0 Å². The minimum Gasteiger partial charge on any atom is -0.503 e. The molecule has 2 heterocycles. The number of halogens is 1. The van der Waals surface area contributed by atoms with Gasteiger partial charge in [-0.25, -0.2) is 0 Å². The average Bonchev–Trinajstić information content (AvgIpc) is 3.34. The fraction of sp³-hybridized carbons (Fsp3) is 0.280. The lowest BCUT2D eigenvalue weighted by molar-refractivity contribution is -0.129. The maximum absolute atomic E-state index is 13.6. The number of carbonyl (C=O) groups excluding carboxylic acids is 2. The van der Waals surface area contributed by atoms with Gasteiger partial charge in [0.2, 0.25) is 5.78 Å². The second kappa shape index (κ2) is 9.19. The maximum Gasteiger partial charge on any atom is 0.290 e. The average molecular weight is 470 g/mol. The first-order valence-electron chi connectivity index (χ1n) is 10.7. The Bertz CT molecular complexity index is 1240. The van der Waals surface area contributed by atoms with E-state index in [1.165, 1.54) is 18.1 Å². The number of fused-ring (bicyclic) bond motifs is 1. The van der Waals surface area contributed by atoms with Crippen LogP contribution in [0, 0.1) is 0 Å². The summed E-state index contributed by atoms with van der Waals surface area (Å²) in [6.07, 6.45) is 0.661. The predicted octanol–water partition coefficient (Wildman–Crippen LogP) is 5.48. The van der Waals surface area contributed by atoms with Crippen molar-refractivity contribution in [2.45, 2.75) is 26.3 Å². The molecule has 4 rings (SSSR count). The molecule has 0 radical (unpaired) electrons. The van der Waals surface area contributed by atoms with E-state index >= 15 is 0 Å². The number of amides is 1. The number of nitrogens with zero attached hydrogens (tertiary/aromatic N) is 1. The summed E-state index contributed by atoms with van der Waals surface area (Å²) in [5, 5.41) is 11.7. The number of furan rings is 1. The highest BCUT2D eigenvalue weighted by Gasteiger charge is 2.44. The molecule has 0 aliphatic carbocycles. The van der Waals surface area contributed by atoms with E-state index in [-0.39, 0.29) is 11.3 Å². The number of methoxy groups -OCH3 is 1. The summed E-state index contributed by atoms with van der Waals surface area (Å²) in [5.74, 6) is -0.696. The Morgan fingerprint density at radius 2 is 1.91 bits per heavy atom. The smallest absolute Gasteiger partial charge is 0.290 e. The third kappa shape index (κ3) is 4.04. The lowest BCUT2D eigenvalue weighted by Crippen LogP contribution is -2.31. The number of carbonyl (C=O) groups is 2. The lowest BCUT2D eigenvalue weighted by atomic mass is 9.95. The Kier molecular flexibility index (Phi) is 6.33. The highest BCUT2D eigenvalue weighted by molar-refractivity contribution is 6.31. The molecule has 1 unspecified atom stereocenters. The van der Waals surface area contributed by atoms with E-state index < -0.39 is 23.5 Å². The van der Waals surface area contributed by atoms with Crippen LogP contribution in [0.3, 0.4) is 0 Å². The monoisotopic (exact) mass is 469 g/mol. The van der Waals surface area contributed by atoms with Gasteiger partial charge in [0, 0.05) is 23.0 Å². The highest BCUT2D eigenvalue weighted by atomic mass is 35.5. The zero-order valence-corrected chi connectivity index (χ0v) is 19.3. The molecule has 1 amide bonds. The fourth-order valence-electron chi connectivity index (χ4n) is 4.10. The third-order valence-electron chi connectivity index (χ3n) is 5.51. The van der Waals surface area contributed by atoms with Gasteiger partial charge in [-0.15, -0.1) is 0 Å². The quantitative estimate of drug-likeness (QED) is 0.439. The van der Waals surface area contributed by atoms with Crippen molar-refractivity contribution in [1.82, 2.24) is 4.90 Å². The van der Waals surface area contributed by atoms with Crippen molar-refractivity contribution in [2.24, 2.45) is 0 Å². The fourth-order valence-corrected chi connectivity index (χ4v) is 4.32. The van der Waals surface area contributed by atoms with Gasteiger partial charge in [0.25, 0.3) is 5.91 Å². The van der Waals surface area contributed by atoms with E-state index in [1.54, 1.807) is 36.4 Å². The van der Waals surface area contributed by atoms with Gasteiger partial charge in [-0.3, -0.25) is 9.59 Å². The van der Waals surface area contributed by atoms with Crippen LogP contribution in [-0.4, -0.2) is 42.0 Å². The Hall–Kier alpha value is -3.45. The first-order valence-corrected chi connectivity index (χ1v) is 11.1. The van der Waals surface area contributed by atoms with Crippen molar-refractivity contribution in [1.29, 1.82) is 0 Å². The maximum atomic E-state index is 13.6. The molecule has 0 bridgehead atoms. The number of Topliss-reactive ketones (excluding diaryl/α,β-unsaturated/α-hetero) is 1. The molecule has 2 aromatic carbocycles. The van der Waals surface area contributed by atoms with Gasteiger partial charge in [0.05, 0.1) is 25.3 Å². The SMILES string of the molecule is CCCN1C(=O)C(O)=C(C(=O)c2cc3cc(Cl)cc(OC)c3o2)C1c1ccc(OCC)cc1. The molecular formula is C25H24ClNO6. The molecule has 0 saturated heterocycles. The second-order valence-corrected chi connectivity index (χ2v) is 8.07. The Morgan fingerprint density at radius 3 is 2.55 bits per heavy atom. The molecule has 0 spiro atoms. The van der Waals surface area contributed by atoms with Crippen molar-refractivity contribution in [3.05, 3.63) is 70.1 Å². The highest BCUT2D eigenvalue weighted by Crippen LogP contribution is 2.41. The van der Waals surface area contributed by atoms with Gasteiger partial charge in [-0.2, -0.15) is 0 Å². The van der Waals surface area contributed by atoms with Gasteiger partial charge in [-0.1, -0.05) is 30.7 Å². The molecule has 0 fully saturated rings. The van der Waals surface area contributed by atoms with Crippen LogP contribution < -0.4 is 9.47 Å². The molecule has 0 saturated carbocycles. The predicted molar refractivity (Wildman–Crippen MR) is 124 cm³/mol. The van der Waals surface area contributed by atoms with Crippen LogP contribution in [0.25, 0.3) is 11.0 Å². The zero-order chi connectivity index (χ0) is 23.7. The summed E-state index contributed by atoms with van der Waals surface area (Å²) in [5.41, 5.74) is 1.02. The first kappa shape index (κ1) is 22.7. The summed E-state index contributed by atoms with van der Waals surface area (Å²) in [7, 11) is 1.48. The van der Waals surface area contributed by atoms with Crippen molar-refractivity contribution >= 4 is 34.3 Å². The molecular weight excluding hydrogens is 446 g/mol. The largest absolute Gasteiger partial charge is 0.503 e. The van der Waals surface area contributed by atoms with Crippen LogP contribution in [0.2, 0.25) is 5.02 Å². The minimum absolute atomic E-state index is 0.0193. The lowest BCUT2D eigenvalue weighted by Gasteiger charge is -2.26. The summed E-state index contributed by atoms with van der Waals surface area (Å²) >= 11 is 6.14. The van der Waals surface area contributed by atoms with Crippen molar-refractivity contribution in [3.63, 3.8) is 0 Å². The van der Waals surface area contributed by atoms with E-state index in [0.717, 1.165) is 0 Å². The number of hydrogen-bond acceptors (Lipinski definition) is 6. The molecule has 172 valence electrons. The van der Waals surface area contributed by atoms with Gasteiger partial charge in [-0.05, 0) is 43.2 Å². The van der Waals surface area contributed by atoms with Crippen LogP contribution in [0.5, 0.6) is 11.5 Å². The topological polar surface area (TPSA) is 89.2 Å². The molecule has 1 aliphatic heterocycles. The molecule has 33 heavy (non-hydrogen) atoms. The number of ketones is 1. The van der Waals surface area contributed by atoms with E-state index in [9.17, 15) is 14.7 Å². The van der Waals surface area contributed by atoms with E-state index in [0.29, 0.717) is 52.6 Å². The Balaban J connectivity index is 1.80. The Labute approximate surface area is 196 Å². The molecule has 1 aromatic heterocycles. The van der Waals surface area contributed by atoms with Gasteiger partial charge < -0.3 is 23.9 Å². The Morgan fingerprint density at radius 1 is 1.18 bits per heavy atom. The number of ether oxygens (including phenoxy) is 2. The summed E-state index contributed by atoms with van der Waals surface area (Å²) in [4.78, 5) is 28.0. The molecule has 7 nitrogen and oxygen atoms in total. The zero-order valence-electron chi connectivity index (χ0n) is 18.6. The molecule has 8 heteroatoms. The van der Waals surface area contributed by atoms with Crippen LogP contribution in [-0.2, 0) is 4.79 Å². The van der Waals surface area contributed by atoms with Crippen LogP contribution >= 0.6 is 11.6 Å². The van der Waals surface area contributed by atoms with Gasteiger partial charge in [0.15, 0.2) is 22.9 Å². The standard InChI is InChI=1S/C25H24ClNO6/c1-4-10-27-21(14-6-8-17(9-7-14)32-5-2)20(23(29)25(27)30)22(28)18-12-15-11-16(26)13-19(31-3)24(15)33-18/h6-9,11-13,21,29H,4-5,10H2,1-3H3. The molecule has 3 aromatic rings. The number of aliphatic hydroxyl groups is 1. The summed E-state index contributed by atoms with van der Waals surface area (Å²) < 4.78 is 16.6.